The third kappa shape index (κ3) is 4.26. The summed E-state index contributed by atoms with van der Waals surface area (Å²) in [7, 11) is 0. The van der Waals surface area contributed by atoms with Crippen molar-refractivity contribution in [1.29, 1.82) is 0 Å². The fraction of sp³-hybridized carbons (Fsp3) is 0.296. The molecule has 3 aromatic rings. The molecule has 4 heteroatoms. The second kappa shape index (κ2) is 8.86. The Bertz CT molecular complexity index is 1110. The molecule has 0 aromatic heterocycles. The summed E-state index contributed by atoms with van der Waals surface area (Å²) in [6, 6.07) is 21.8. The van der Waals surface area contributed by atoms with Crippen LogP contribution in [0.1, 0.15) is 36.0 Å². The van der Waals surface area contributed by atoms with E-state index in [0.29, 0.717) is 6.42 Å². The Balaban J connectivity index is 1.32. The maximum atomic E-state index is 11.3. The second-order valence-electron chi connectivity index (χ2n) is 8.59. The van der Waals surface area contributed by atoms with E-state index in [0.717, 1.165) is 47.6 Å². The second-order valence-corrected chi connectivity index (χ2v) is 8.97. The summed E-state index contributed by atoms with van der Waals surface area (Å²) >= 11 is 6.94. The molecule has 1 saturated heterocycles. The molecular weight excluding hydrogens is 404 g/mol. The van der Waals surface area contributed by atoms with Gasteiger partial charge in [-0.05, 0) is 53.5 Å². The molecule has 2 N–H and O–H groups in total. The average Bonchev–Trinajstić information content (AvgIpc) is 3.43. The fourth-order valence-electron chi connectivity index (χ4n) is 4.86. The van der Waals surface area contributed by atoms with Crippen LogP contribution < -0.4 is 10.6 Å². The quantitative estimate of drug-likeness (QED) is 0.539. The van der Waals surface area contributed by atoms with Crippen LogP contribution in [0.5, 0.6) is 0 Å². The molecule has 1 aliphatic carbocycles. The van der Waals surface area contributed by atoms with E-state index in [4.69, 9.17) is 11.6 Å². The van der Waals surface area contributed by atoms with Crippen molar-refractivity contribution >= 4 is 17.5 Å². The van der Waals surface area contributed by atoms with Gasteiger partial charge in [-0.15, -0.1) is 0 Å². The van der Waals surface area contributed by atoms with E-state index in [1.807, 2.05) is 0 Å². The van der Waals surface area contributed by atoms with Gasteiger partial charge in [0.1, 0.15) is 0 Å². The highest BCUT2D eigenvalue weighted by molar-refractivity contribution is 6.36. The summed E-state index contributed by atoms with van der Waals surface area (Å²) in [5.74, 6) is 0.163. The van der Waals surface area contributed by atoms with Gasteiger partial charge >= 0.3 is 0 Å². The van der Waals surface area contributed by atoms with Crippen LogP contribution in [0, 0.1) is 0 Å². The van der Waals surface area contributed by atoms with Gasteiger partial charge in [0.05, 0.1) is 5.02 Å². The number of amides is 1. The Labute approximate surface area is 188 Å². The van der Waals surface area contributed by atoms with E-state index in [9.17, 15) is 4.79 Å². The molecule has 0 spiro atoms. The Kier molecular flexibility index (Phi) is 5.80. The van der Waals surface area contributed by atoms with Gasteiger partial charge in [-0.25, -0.2) is 0 Å². The van der Waals surface area contributed by atoms with Crippen molar-refractivity contribution in [3.8, 4) is 22.3 Å². The van der Waals surface area contributed by atoms with Gasteiger partial charge in [-0.1, -0.05) is 72.3 Å². The number of halogens is 1. The van der Waals surface area contributed by atoms with E-state index in [-0.39, 0.29) is 11.9 Å². The van der Waals surface area contributed by atoms with Gasteiger partial charge in [0.25, 0.3) is 0 Å². The molecule has 3 nitrogen and oxygen atoms in total. The standard InChI is InChI=1S/C27H27ClN2O/c28-27-23(7-3-9-25(27)24-8-2-5-19-4-1-6-22(19)24)20-12-10-18(11-13-20)16-29-17-21-14-15-26(31)30-21/h2-3,5,7-13,21,29H,1,4,6,14-17H2,(H,30,31)/t21-/m0/s1. The number of benzene rings is 3. The number of nitrogens with one attached hydrogen (secondary N) is 2. The highest BCUT2D eigenvalue weighted by atomic mass is 35.5. The van der Waals surface area contributed by atoms with E-state index < -0.39 is 0 Å². The van der Waals surface area contributed by atoms with Crippen molar-refractivity contribution in [2.75, 3.05) is 6.54 Å². The number of aryl methyl sites for hydroxylation is 1. The molecule has 1 heterocycles. The minimum absolute atomic E-state index is 0.163. The SMILES string of the molecule is O=C1CC[C@@H](CNCc2ccc(-c3cccc(-c4cccc5c4CCC5)c3Cl)cc2)N1. The molecule has 0 saturated carbocycles. The lowest BCUT2D eigenvalue weighted by Gasteiger charge is -2.14. The number of carbonyl (C=O) groups is 1. The minimum Gasteiger partial charge on any atom is -0.352 e. The summed E-state index contributed by atoms with van der Waals surface area (Å²) in [6.45, 7) is 1.60. The van der Waals surface area contributed by atoms with E-state index >= 15 is 0 Å². The lowest BCUT2D eigenvalue weighted by molar-refractivity contribution is -0.119. The molecule has 0 unspecified atom stereocenters. The molecule has 3 aromatic carbocycles. The van der Waals surface area contributed by atoms with Crippen LogP contribution in [0.2, 0.25) is 5.02 Å². The van der Waals surface area contributed by atoms with Gasteiger partial charge in [-0.2, -0.15) is 0 Å². The van der Waals surface area contributed by atoms with E-state index in [1.54, 1.807) is 0 Å². The van der Waals surface area contributed by atoms with Gasteiger partial charge in [0.2, 0.25) is 5.91 Å². The van der Waals surface area contributed by atoms with Gasteiger partial charge in [0.15, 0.2) is 0 Å². The average molecular weight is 431 g/mol. The largest absolute Gasteiger partial charge is 0.352 e. The van der Waals surface area contributed by atoms with Crippen LogP contribution >= 0.6 is 11.6 Å². The smallest absolute Gasteiger partial charge is 0.220 e. The number of rotatable bonds is 6. The minimum atomic E-state index is 0.163. The van der Waals surface area contributed by atoms with Crippen LogP contribution in [0.3, 0.4) is 0 Å². The van der Waals surface area contributed by atoms with Gasteiger partial charge in [0, 0.05) is 36.7 Å². The van der Waals surface area contributed by atoms with Crippen LogP contribution in [-0.2, 0) is 24.2 Å². The maximum Gasteiger partial charge on any atom is 0.220 e. The van der Waals surface area contributed by atoms with E-state index in [1.165, 1.54) is 35.1 Å². The highest BCUT2D eigenvalue weighted by Gasteiger charge is 2.20. The summed E-state index contributed by atoms with van der Waals surface area (Å²) in [4.78, 5) is 11.3. The molecule has 0 bridgehead atoms. The number of hydrogen-bond acceptors (Lipinski definition) is 2. The molecule has 5 rings (SSSR count). The monoisotopic (exact) mass is 430 g/mol. The first-order valence-electron chi connectivity index (χ1n) is 11.2. The maximum absolute atomic E-state index is 11.3. The van der Waals surface area contributed by atoms with Gasteiger partial charge in [-0.3, -0.25) is 4.79 Å². The van der Waals surface area contributed by atoms with Gasteiger partial charge < -0.3 is 10.6 Å². The Morgan fingerprint density at radius 2 is 1.68 bits per heavy atom. The van der Waals surface area contributed by atoms with Crippen molar-refractivity contribution in [2.45, 2.75) is 44.7 Å². The third-order valence-corrected chi connectivity index (χ3v) is 6.91. The van der Waals surface area contributed by atoms with Crippen LogP contribution in [-0.4, -0.2) is 18.5 Å². The van der Waals surface area contributed by atoms with Crippen molar-refractivity contribution in [1.82, 2.24) is 10.6 Å². The molecule has 158 valence electrons. The molecular formula is C27H27ClN2O. The topological polar surface area (TPSA) is 41.1 Å². The molecule has 31 heavy (non-hydrogen) atoms. The first-order chi connectivity index (χ1) is 15.2. The lowest BCUT2D eigenvalue weighted by Crippen LogP contribution is -2.35. The zero-order chi connectivity index (χ0) is 21.2. The summed E-state index contributed by atoms with van der Waals surface area (Å²) in [5, 5.41) is 7.27. The molecule has 0 radical (unpaired) electrons. The molecule has 1 atom stereocenters. The van der Waals surface area contributed by atoms with Crippen molar-refractivity contribution < 1.29 is 4.79 Å². The summed E-state index contributed by atoms with van der Waals surface area (Å²) in [6.07, 6.45) is 5.10. The Morgan fingerprint density at radius 3 is 2.48 bits per heavy atom. The molecule has 1 aliphatic heterocycles. The predicted molar refractivity (Wildman–Crippen MR) is 127 cm³/mol. The third-order valence-electron chi connectivity index (χ3n) is 6.50. The zero-order valence-electron chi connectivity index (χ0n) is 17.6. The van der Waals surface area contributed by atoms with Crippen LogP contribution in [0.4, 0.5) is 0 Å². The first-order valence-corrected chi connectivity index (χ1v) is 11.6. The Hall–Kier alpha value is -2.62. The molecule has 1 fully saturated rings. The van der Waals surface area contributed by atoms with Crippen molar-refractivity contribution in [3.63, 3.8) is 0 Å². The van der Waals surface area contributed by atoms with Crippen LogP contribution in [0.15, 0.2) is 60.7 Å². The van der Waals surface area contributed by atoms with Crippen LogP contribution in [0.25, 0.3) is 22.3 Å². The van der Waals surface area contributed by atoms with E-state index in [2.05, 4.69) is 71.3 Å². The normalized spacial score (nSPS) is 17.6. The number of fused-ring (bicyclic) bond motifs is 1. The number of hydrogen-bond donors (Lipinski definition) is 2. The molecule has 1 amide bonds. The molecule has 2 aliphatic rings. The first kappa shape index (κ1) is 20.3. The Morgan fingerprint density at radius 1 is 0.903 bits per heavy atom. The summed E-state index contributed by atoms with van der Waals surface area (Å²) < 4.78 is 0. The fourth-order valence-corrected chi connectivity index (χ4v) is 5.20. The predicted octanol–water partition coefficient (Wildman–Crippen LogP) is 5.53. The van der Waals surface area contributed by atoms with Crippen molar-refractivity contribution in [3.05, 3.63) is 82.4 Å². The number of carbonyl (C=O) groups excluding carboxylic acids is 1. The van der Waals surface area contributed by atoms with Crippen molar-refractivity contribution in [2.24, 2.45) is 0 Å². The highest BCUT2D eigenvalue weighted by Crippen LogP contribution is 2.40. The lowest BCUT2D eigenvalue weighted by atomic mass is 9.94. The summed E-state index contributed by atoms with van der Waals surface area (Å²) in [5.41, 5.74) is 8.76. The zero-order valence-corrected chi connectivity index (χ0v) is 18.3.